The van der Waals surface area contributed by atoms with Crippen LogP contribution in [0.2, 0.25) is 0 Å². The van der Waals surface area contributed by atoms with Crippen LogP contribution >= 0.6 is 0 Å². The number of carbonyl (C=O) groups excluding carboxylic acids is 1. The summed E-state index contributed by atoms with van der Waals surface area (Å²) in [7, 11) is 0. The molecule has 7 atom stereocenters. The van der Waals surface area contributed by atoms with Gasteiger partial charge in [0.1, 0.15) is 24.4 Å². The SMILES string of the molecule is C[C@@H]1OCC2=C(CCOC2=O)[C@@H]1CO[C@@H]1O[C@H](CO)[C@@H](O)[C@H](O)[C@H]1O. The molecule has 9 heteroatoms. The molecule has 3 aliphatic heterocycles. The van der Waals surface area contributed by atoms with Gasteiger partial charge >= 0.3 is 5.97 Å². The molecule has 3 heterocycles. The first kappa shape index (κ1) is 18.7. The van der Waals surface area contributed by atoms with Gasteiger partial charge in [-0.1, -0.05) is 0 Å². The minimum absolute atomic E-state index is 0.0932. The Hall–Kier alpha value is -1.07. The third-order valence-electron chi connectivity index (χ3n) is 5.03. The molecule has 1 saturated heterocycles. The lowest BCUT2D eigenvalue weighted by molar-refractivity contribution is -0.304. The number of esters is 1. The Labute approximate surface area is 144 Å². The molecule has 0 saturated carbocycles. The van der Waals surface area contributed by atoms with Crippen LogP contribution in [0.15, 0.2) is 11.1 Å². The highest BCUT2D eigenvalue weighted by atomic mass is 16.7. The number of hydrogen-bond acceptors (Lipinski definition) is 9. The number of rotatable bonds is 4. The van der Waals surface area contributed by atoms with E-state index in [-0.39, 0.29) is 31.2 Å². The number of carbonyl (C=O) groups is 1. The first-order chi connectivity index (χ1) is 11.9. The molecule has 0 aromatic rings. The van der Waals surface area contributed by atoms with Crippen molar-refractivity contribution >= 4 is 5.97 Å². The van der Waals surface area contributed by atoms with E-state index in [1.54, 1.807) is 0 Å². The fraction of sp³-hybridized carbons (Fsp3) is 0.812. The van der Waals surface area contributed by atoms with Gasteiger partial charge in [0, 0.05) is 12.3 Å². The van der Waals surface area contributed by atoms with Crippen LogP contribution in [-0.2, 0) is 23.7 Å². The fourth-order valence-corrected chi connectivity index (χ4v) is 3.44. The number of aliphatic hydroxyl groups excluding tert-OH is 4. The topological polar surface area (TPSA) is 135 Å². The highest BCUT2D eigenvalue weighted by Gasteiger charge is 2.45. The second-order valence-corrected chi connectivity index (χ2v) is 6.54. The maximum Gasteiger partial charge on any atom is 0.336 e. The molecule has 0 amide bonds. The molecule has 0 aromatic carbocycles. The third kappa shape index (κ3) is 3.59. The lowest BCUT2D eigenvalue weighted by Crippen LogP contribution is -2.59. The highest BCUT2D eigenvalue weighted by molar-refractivity contribution is 5.90. The Bertz CT molecular complexity index is 532. The Morgan fingerprint density at radius 2 is 1.96 bits per heavy atom. The van der Waals surface area contributed by atoms with E-state index in [1.165, 1.54) is 0 Å². The summed E-state index contributed by atoms with van der Waals surface area (Å²) in [6.07, 6.45) is -6.21. The summed E-state index contributed by atoms with van der Waals surface area (Å²) >= 11 is 0. The normalized spacial score (nSPS) is 42.1. The second-order valence-electron chi connectivity index (χ2n) is 6.54. The number of aliphatic hydroxyl groups is 4. The van der Waals surface area contributed by atoms with Gasteiger partial charge in [-0.15, -0.1) is 0 Å². The molecular weight excluding hydrogens is 336 g/mol. The van der Waals surface area contributed by atoms with E-state index in [0.29, 0.717) is 18.6 Å². The number of ether oxygens (including phenoxy) is 4. The van der Waals surface area contributed by atoms with E-state index in [0.717, 1.165) is 5.57 Å². The molecular formula is C16H24O9. The van der Waals surface area contributed by atoms with E-state index < -0.39 is 37.3 Å². The van der Waals surface area contributed by atoms with Gasteiger partial charge in [-0.05, 0) is 12.5 Å². The first-order valence-electron chi connectivity index (χ1n) is 8.36. The molecule has 3 aliphatic rings. The molecule has 142 valence electrons. The molecule has 0 aromatic heterocycles. The molecule has 4 N–H and O–H groups in total. The summed E-state index contributed by atoms with van der Waals surface area (Å²) in [5, 5.41) is 38.8. The molecule has 25 heavy (non-hydrogen) atoms. The van der Waals surface area contributed by atoms with Gasteiger partial charge in [0.15, 0.2) is 6.29 Å². The minimum Gasteiger partial charge on any atom is -0.462 e. The summed E-state index contributed by atoms with van der Waals surface area (Å²) in [6, 6.07) is 0. The first-order valence-corrected chi connectivity index (χ1v) is 8.36. The van der Waals surface area contributed by atoms with Gasteiger partial charge < -0.3 is 39.4 Å². The monoisotopic (exact) mass is 360 g/mol. The Balaban J connectivity index is 1.69. The standard InChI is InChI=1S/C16H24O9/c1-7-9(8-2-3-22-15(21)10(8)6-23-7)5-24-16-14(20)13(19)12(18)11(4-17)25-16/h7,9,11-14,16-20H,2-6H2,1H3/t7-,9+,11+,12+,13-,14+,16+/m0/s1. The number of hydrogen-bond donors (Lipinski definition) is 4. The van der Waals surface area contributed by atoms with Crippen molar-refractivity contribution in [3.63, 3.8) is 0 Å². The van der Waals surface area contributed by atoms with Crippen LogP contribution in [0.4, 0.5) is 0 Å². The maximum absolute atomic E-state index is 11.8. The smallest absolute Gasteiger partial charge is 0.336 e. The van der Waals surface area contributed by atoms with E-state index in [9.17, 15) is 25.2 Å². The Morgan fingerprint density at radius 3 is 2.68 bits per heavy atom. The molecule has 9 nitrogen and oxygen atoms in total. The van der Waals surface area contributed by atoms with E-state index in [4.69, 9.17) is 18.9 Å². The molecule has 0 unspecified atom stereocenters. The zero-order valence-electron chi connectivity index (χ0n) is 13.9. The average molecular weight is 360 g/mol. The molecule has 0 radical (unpaired) electrons. The van der Waals surface area contributed by atoms with Crippen LogP contribution in [0.5, 0.6) is 0 Å². The lowest BCUT2D eigenvalue weighted by Gasteiger charge is -2.41. The van der Waals surface area contributed by atoms with Crippen molar-refractivity contribution in [3.8, 4) is 0 Å². The van der Waals surface area contributed by atoms with Crippen LogP contribution in [0.1, 0.15) is 13.3 Å². The molecule has 0 spiro atoms. The summed E-state index contributed by atoms with van der Waals surface area (Å²) < 4.78 is 21.6. The summed E-state index contributed by atoms with van der Waals surface area (Å²) in [4.78, 5) is 11.8. The van der Waals surface area contributed by atoms with Crippen molar-refractivity contribution in [2.24, 2.45) is 5.92 Å². The largest absolute Gasteiger partial charge is 0.462 e. The predicted molar refractivity (Wildman–Crippen MR) is 81.2 cm³/mol. The van der Waals surface area contributed by atoms with E-state index in [1.807, 2.05) is 6.92 Å². The number of cyclic esters (lactones) is 1. The minimum atomic E-state index is -1.49. The van der Waals surface area contributed by atoms with Gasteiger partial charge in [0.2, 0.25) is 0 Å². The predicted octanol–water partition coefficient (Wildman–Crippen LogP) is -1.92. The van der Waals surface area contributed by atoms with E-state index >= 15 is 0 Å². The molecule has 0 aliphatic carbocycles. The van der Waals surface area contributed by atoms with Crippen LogP contribution in [0, 0.1) is 5.92 Å². The van der Waals surface area contributed by atoms with Gasteiger partial charge in [-0.3, -0.25) is 0 Å². The average Bonchev–Trinajstić information content (AvgIpc) is 2.60. The molecule has 0 bridgehead atoms. The van der Waals surface area contributed by atoms with Crippen molar-refractivity contribution in [3.05, 3.63) is 11.1 Å². The van der Waals surface area contributed by atoms with Crippen LogP contribution in [0.3, 0.4) is 0 Å². The van der Waals surface area contributed by atoms with Gasteiger partial charge in [-0.2, -0.15) is 0 Å². The van der Waals surface area contributed by atoms with Crippen molar-refractivity contribution in [2.45, 2.75) is 50.2 Å². The van der Waals surface area contributed by atoms with Gasteiger partial charge in [-0.25, -0.2) is 4.79 Å². The zero-order chi connectivity index (χ0) is 18.1. The van der Waals surface area contributed by atoms with Crippen LogP contribution < -0.4 is 0 Å². The molecule has 1 fully saturated rings. The lowest BCUT2D eigenvalue weighted by atomic mass is 9.85. The van der Waals surface area contributed by atoms with Crippen molar-refractivity contribution < 1.29 is 44.2 Å². The summed E-state index contributed by atoms with van der Waals surface area (Å²) in [5.74, 6) is -0.602. The molecule has 3 rings (SSSR count). The zero-order valence-corrected chi connectivity index (χ0v) is 13.9. The van der Waals surface area contributed by atoms with E-state index in [2.05, 4.69) is 0 Å². The summed E-state index contributed by atoms with van der Waals surface area (Å²) in [6.45, 7) is 1.95. The quantitative estimate of drug-likeness (QED) is 0.423. The summed E-state index contributed by atoms with van der Waals surface area (Å²) in [5.41, 5.74) is 1.42. The highest BCUT2D eigenvalue weighted by Crippen LogP contribution is 2.33. The van der Waals surface area contributed by atoms with Gasteiger partial charge in [0.05, 0.1) is 38.1 Å². The van der Waals surface area contributed by atoms with Crippen molar-refractivity contribution in [1.82, 2.24) is 0 Å². The van der Waals surface area contributed by atoms with Crippen molar-refractivity contribution in [1.29, 1.82) is 0 Å². The Kier molecular flexibility index (Phi) is 5.74. The maximum atomic E-state index is 11.8. The third-order valence-corrected chi connectivity index (χ3v) is 5.03. The van der Waals surface area contributed by atoms with Crippen molar-refractivity contribution in [2.75, 3.05) is 26.4 Å². The second kappa shape index (κ2) is 7.67. The fourth-order valence-electron chi connectivity index (χ4n) is 3.44. The van der Waals surface area contributed by atoms with Gasteiger partial charge in [0.25, 0.3) is 0 Å². The Morgan fingerprint density at radius 1 is 1.20 bits per heavy atom. The van der Waals surface area contributed by atoms with Crippen LogP contribution in [0.25, 0.3) is 0 Å². The van der Waals surface area contributed by atoms with Crippen LogP contribution in [-0.4, -0.2) is 89.6 Å².